The molecule has 0 N–H and O–H groups in total. The van der Waals surface area contributed by atoms with E-state index < -0.39 is 11.6 Å². The molecule has 0 fully saturated rings. The van der Waals surface area contributed by atoms with Gasteiger partial charge in [0.15, 0.2) is 0 Å². The number of nitrogens with zero attached hydrogens (tertiary/aromatic N) is 1. The van der Waals surface area contributed by atoms with E-state index in [-0.39, 0.29) is 5.97 Å². The van der Waals surface area contributed by atoms with Crippen LogP contribution in [-0.4, -0.2) is 28.9 Å². The lowest BCUT2D eigenvalue weighted by molar-refractivity contribution is -0.162. The van der Waals surface area contributed by atoms with Crippen LogP contribution in [0.1, 0.15) is 37.9 Å². The fraction of sp³-hybridized carbons (Fsp3) is 0.381. The summed E-state index contributed by atoms with van der Waals surface area (Å²) in [6, 6.07) is 19.3. The first kappa shape index (κ1) is 19.5. The second-order valence-electron chi connectivity index (χ2n) is 6.99. The Morgan fingerprint density at radius 2 is 1.60 bits per heavy atom. The van der Waals surface area contributed by atoms with Crippen molar-refractivity contribution in [1.82, 2.24) is 4.90 Å². The van der Waals surface area contributed by atoms with Gasteiger partial charge in [-0.25, -0.2) is 4.79 Å². The molecule has 0 aliphatic rings. The van der Waals surface area contributed by atoms with Gasteiger partial charge in [-0.15, -0.1) is 11.6 Å². The Kier molecular flexibility index (Phi) is 7.03. The Balaban J connectivity index is 2.34. The van der Waals surface area contributed by atoms with Gasteiger partial charge in [0, 0.05) is 19.0 Å². The standard InChI is InChI=1S/C21H26ClNO2/c1-21(2,3)25-20(24)19(18-12-8-5-9-13-18)23(15-14-22)16-17-10-6-4-7-11-17/h4-13,19H,14-16H2,1-3H3. The minimum absolute atomic E-state index is 0.250. The molecule has 3 nitrogen and oxygen atoms in total. The lowest BCUT2D eigenvalue weighted by Gasteiger charge is -2.32. The highest BCUT2D eigenvalue weighted by molar-refractivity contribution is 6.18. The molecule has 2 aromatic carbocycles. The monoisotopic (exact) mass is 359 g/mol. The van der Waals surface area contributed by atoms with Crippen molar-refractivity contribution in [2.24, 2.45) is 0 Å². The second kappa shape index (κ2) is 9.02. The summed E-state index contributed by atoms with van der Waals surface area (Å²) in [7, 11) is 0. The highest BCUT2D eigenvalue weighted by atomic mass is 35.5. The van der Waals surface area contributed by atoms with Gasteiger partial charge in [0.25, 0.3) is 0 Å². The number of ether oxygens (including phenoxy) is 1. The minimum Gasteiger partial charge on any atom is -0.459 e. The number of carbonyl (C=O) groups excluding carboxylic acids is 1. The lowest BCUT2D eigenvalue weighted by Crippen LogP contribution is -2.39. The summed E-state index contributed by atoms with van der Waals surface area (Å²) in [4.78, 5) is 15.0. The van der Waals surface area contributed by atoms with E-state index in [4.69, 9.17) is 16.3 Å². The molecule has 2 rings (SSSR count). The number of benzene rings is 2. The van der Waals surface area contributed by atoms with Crippen LogP contribution in [0, 0.1) is 0 Å². The number of alkyl halides is 1. The summed E-state index contributed by atoms with van der Waals surface area (Å²) in [5, 5.41) is 0. The summed E-state index contributed by atoms with van der Waals surface area (Å²) in [5.41, 5.74) is 1.51. The summed E-state index contributed by atoms with van der Waals surface area (Å²) in [5.74, 6) is 0.193. The molecular weight excluding hydrogens is 334 g/mol. The molecule has 0 heterocycles. The maximum Gasteiger partial charge on any atom is 0.328 e. The second-order valence-corrected chi connectivity index (χ2v) is 7.37. The SMILES string of the molecule is CC(C)(C)OC(=O)C(c1ccccc1)N(CCCl)Cc1ccccc1. The van der Waals surface area contributed by atoms with Gasteiger partial charge in [-0.1, -0.05) is 60.7 Å². The molecule has 0 radical (unpaired) electrons. The van der Waals surface area contributed by atoms with Crippen LogP contribution in [0.3, 0.4) is 0 Å². The number of halogens is 1. The van der Waals surface area contributed by atoms with Gasteiger partial charge in [-0.2, -0.15) is 0 Å². The molecule has 0 spiro atoms. The van der Waals surface area contributed by atoms with Crippen molar-refractivity contribution in [2.45, 2.75) is 39.0 Å². The molecule has 0 aliphatic carbocycles. The molecule has 2 aromatic rings. The number of hydrogen-bond acceptors (Lipinski definition) is 3. The predicted molar refractivity (Wildman–Crippen MR) is 103 cm³/mol. The van der Waals surface area contributed by atoms with Crippen LogP contribution in [0.2, 0.25) is 0 Å². The largest absolute Gasteiger partial charge is 0.459 e. The van der Waals surface area contributed by atoms with Gasteiger partial charge >= 0.3 is 5.97 Å². The lowest BCUT2D eigenvalue weighted by atomic mass is 10.0. The summed E-state index contributed by atoms with van der Waals surface area (Å²) in [6.07, 6.45) is 0. The van der Waals surface area contributed by atoms with Gasteiger partial charge in [-0.3, -0.25) is 4.90 Å². The summed E-state index contributed by atoms with van der Waals surface area (Å²) < 4.78 is 5.70. The molecule has 0 saturated heterocycles. The molecule has 0 aromatic heterocycles. The Morgan fingerprint density at radius 1 is 1.04 bits per heavy atom. The Bertz CT molecular complexity index is 653. The summed E-state index contributed by atoms with van der Waals surface area (Å²) >= 11 is 6.04. The zero-order valence-corrected chi connectivity index (χ0v) is 15.9. The fourth-order valence-electron chi connectivity index (χ4n) is 2.71. The minimum atomic E-state index is -0.538. The van der Waals surface area contributed by atoms with E-state index in [1.165, 1.54) is 0 Å². The molecule has 25 heavy (non-hydrogen) atoms. The first-order valence-corrected chi connectivity index (χ1v) is 9.06. The number of hydrogen-bond donors (Lipinski definition) is 0. The Labute approximate surface area is 155 Å². The first-order chi connectivity index (χ1) is 11.9. The number of carbonyl (C=O) groups is 1. The molecule has 0 aliphatic heterocycles. The van der Waals surface area contributed by atoms with Gasteiger partial charge in [-0.05, 0) is 31.9 Å². The Hall–Kier alpha value is -1.84. The van der Waals surface area contributed by atoms with Gasteiger partial charge < -0.3 is 4.74 Å². The smallest absolute Gasteiger partial charge is 0.328 e. The molecule has 134 valence electrons. The van der Waals surface area contributed by atoms with Crippen molar-refractivity contribution in [3.63, 3.8) is 0 Å². The zero-order chi connectivity index (χ0) is 18.3. The third kappa shape index (κ3) is 6.18. The van der Waals surface area contributed by atoms with Gasteiger partial charge in [0.1, 0.15) is 11.6 Å². The van der Waals surface area contributed by atoms with Crippen LogP contribution in [0.25, 0.3) is 0 Å². The van der Waals surface area contributed by atoms with E-state index in [0.29, 0.717) is 19.0 Å². The van der Waals surface area contributed by atoms with E-state index in [1.54, 1.807) is 0 Å². The molecule has 0 saturated carbocycles. The van der Waals surface area contributed by atoms with Crippen molar-refractivity contribution in [1.29, 1.82) is 0 Å². The average molecular weight is 360 g/mol. The van der Waals surface area contributed by atoms with Crippen LogP contribution < -0.4 is 0 Å². The Morgan fingerprint density at radius 3 is 2.12 bits per heavy atom. The fourth-order valence-corrected chi connectivity index (χ4v) is 2.93. The van der Waals surface area contributed by atoms with Gasteiger partial charge in [0.2, 0.25) is 0 Å². The van der Waals surface area contributed by atoms with Crippen LogP contribution in [0.15, 0.2) is 60.7 Å². The van der Waals surface area contributed by atoms with E-state index >= 15 is 0 Å². The quantitative estimate of drug-likeness (QED) is 0.524. The predicted octanol–water partition coefficient (Wildman–Crippen LogP) is 4.81. The maximum atomic E-state index is 13.0. The van der Waals surface area contributed by atoms with Crippen molar-refractivity contribution < 1.29 is 9.53 Å². The van der Waals surface area contributed by atoms with E-state index in [0.717, 1.165) is 11.1 Å². The molecule has 1 atom stereocenters. The van der Waals surface area contributed by atoms with Crippen LogP contribution >= 0.6 is 11.6 Å². The normalized spacial score (nSPS) is 12.8. The molecular formula is C21H26ClNO2. The first-order valence-electron chi connectivity index (χ1n) is 8.52. The van der Waals surface area contributed by atoms with Crippen LogP contribution in [-0.2, 0) is 16.1 Å². The van der Waals surface area contributed by atoms with E-state index in [2.05, 4.69) is 17.0 Å². The van der Waals surface area contributed by atoms with Crippen molar-refractivity contribution in [3.05, 3.63) is 71.8 Å². The van der Waals surface area contributed by atoms with E-state index in [9.17, 15) is 4.79 Å². The van der Waals surface area contributed by atoms with Gasteiger partial charge in [0.05, 0.1) is 0 Å². The molecule has 0 amide bonds. The highest BCUT2D eigenvalue weighted by Gasteiger charge is 2.31. The average Bonchev–Trinajstić information content (AvgIpc) is 2.55. The molecule has 0 bridgehead atoms. The molecule has 4 heteroatoms. The van der Waals surface area contributed by atoms with Crippen LogP contribution in [0.4, 0.5) is 0 Å². The number of esters is 1. The highest BCUT2D eigenvalue weighted by Crippen LogP contribution is 2.26. The zero-order valence-electron chi connectivity index (χ0n) is 15.1. The maximum absolute atomic E-state index is 13.0. The van der Waals surface area contributed by atoms with E-state index in [1.807, 2.05) is 69.3 Å². The third-order valence-corrected chi connectivity index (χ3v) is 3.88. The molecule has 1 unspecified atom stereocenters. The topological polar surface area (TPSA) is 29.5 Å². The summed E-state index contributed by atoms with van der Waals surface area (Å²) in [6.45, 7) is 6.88. The van der Waals surface area contributed by atoms with Crippen LogP contribution in [0.5, 0.6) is 0 Å². The van der Waals surface area contributed by atoms with Crippen molar-refractivity contribution in [3.8, 4) is 0 Å². The van der Waals surface area contributed by atoms with Crippen molar-refractivity contribution >= 4 is 17.6 Å². The van der Waals surface area contributed by atoms with Crippen molar-refractivity contribution in [2.75, 3.05) is 12.4 Å². The third-order valence-electron chi connectivity index (χ3n) is 3.71. The number of rotatable bonds is 7.